The summed E-state index contributed by atoms with van der Waals surface area (Å²) in [4.78, 5) is 12.1. The average molecular weight is 284 g/mol. The molecule has 0 aromatic carbocycles. The van der Waals surface area contributed by atoms with Crippen molar-refractivity contribution < 1.29 is 10.0 Å². The van der Waals surface area contributed by atoms with Crippen molar-refractivity contribution in [1.29, 1.82) is 0 Å². The van der Waals surface area contributed by atoms with E-state index in [-0.39, 0.29) is 11.1 Å². The Labute approximate surface area is 115 Å². The van der Waals surface area contributed by atoms with Crippen LogP contribution in [-0.2, 0) is 6.54 Å². The fraction of sp³-hybridized carbons (Fsp3) is 0.500. The highest BCUT2D eigenvalue weighted by atomic mass is 35.5. The lowest BCUT2D eigenvalue weighted by molar-refractivity contribution is 0.401. The van der Waals surface area contributed by atoms with Gasteiger partial charge in [-0.2, -0.15) is 9.97 Å². The molecule has 0 atom stereocenters. The minimum absolute atomic E-state index is 0.127. The van der Waals surface area contributed by atoms with E-state index < -0.39 is 7.12 Å². The maximum atomic E-state index is 8.73. The first-order valence-corrected chi connectivity index (χ1v) is 6.45. The summed E-state index contributed by atoms with van der Waals surface area (Å²) in [6, 6.07) is 0. The van der Waals surface area contributed by atoms with Gasteiger partial charge in [0.1, 0.15) is 5.52 Å². The second-order valence-corrected chi connectivity index (χ2v) is 4.67. The Hall–Kier alpha value is -1.38. The number of nitrogens with two attached hydrogens (primary N) is 1. The minimum Gasteiger partial charge on any atom is -0.427 e. The smallest absolute Gasteiger partial charge is 0.427 e. The SMILES string of the molecule is Nc1nc(Cl)c2ncn(CCCCCB(O)O)c2n1. The number of anilines is 1. The number of aryl methyl sites for hydroxylation is 1. The summed E-state index contributed by atoms with van der Waals surface area (Å²) in [6.07, 6.45) is 4.60. The molecule has 9 heteroatoms. The molecule has 0 aliphatic heterocycles. The van der Waals surface area contributed by atoms with Gasteiger partial charge in [0.15, 0.2) is 10.8 Å². The summed E-state index contributed by atoms with van der Waals surface area (Å²) in [5.41, 5.74) is 6.73. The van der Waals surface area contributed by atoms with Crippen LogP contribution in [0.15, 0.2) is 6.33 Å². The fourth-order valence-corrected chi connectivity index (χ4v) is 2.09. The van der Waals surface area contributed by atoms with Crippen molar-refractivity contribution in [2.24, 2.45) is 0 Å². The van der Waals surface area contributed by atoms with Crippen molar-refractivity contribution in [3.8, 4) is 0 Å². The summed E-state index contributed by atoms with van der Waals surface area (Å²) >= 11 is 5.93. The molecule has 0 amide bonds. The highest BCUT2D eigenvalue weighted by Gasteiger charge is 2.10. The number of rotatable bonds is 6. The first-order valence-electron chi connectivity index (χ1n) is 6.08. The Morgan fingerprint density at radius 1 is 1.26 bits per heavy atom. The molecule has 0 fully saturated rings. The molecule has 0 radical (unpaired) electrons. The summed E-state index contributed by atoms with van der Waals surface area (Å²) in [7, 11) is -1.22. The van der Waals surface area contributed by atoms with Crippen LogP contribution in [0, 0.1) is 0 Å². The molecule has 0 saturated heterocycles. The molecule has 2 heterocycles. The first-order chi connectivity index (χ1) is 9.08. The standard InChI is InChI=1S/C10H15BClN5O2/c12-8-7-9(16-10(13)15-8)17(6-14-7)5-3-1-2-4-11(18)19/h6,18-19H,1-5H2,(H2,13,15,16). The van der Waals surface area contributed by atoms with Crippen LogP contribution in [0.4, 0.5) is 5.95 Å². The maximum absolute atomic E-state index is 8.73. The number of fused-ring (bicyclic) bond motifs is 1. The normalized spacial score (nSPS) is 11.1. The molecular weight excluding hydrogens is 268 g/mol. The summed E-state index contributed by atoms with van der Waals surface area (Å²) in [5, 5.41) is 17.7. The van der Waals surface area contributed by atoms with Crippen LogP contribution in [0.2, 0.25) is 11.5 Å². The van der Waals surface area contributed by atoms with Gasteiger partial charge in [-0.05, 0) is 12.7 Å². The number of unbranched alkanes of at least 4 members (excludes halogenated alkanes) is 2. The van der Waals surface area contributed by atoms with Gasteiger partial charge < -0.3 is 20.3 Å². The van der Waals surface area contributed by atoms with Crippen LogP contribution in [0.3, 0.4) is 0 Å². The van der Waals surface area contributed by atoms with E-state index in [1.165, 1.54) is 0 Å². The largest absolute Gasteiger partial charge is 0.451 e. The zero-order valence-electron chi connectivity index (χ0n) is 10.3. The molecule has 2 aromatic heterocycles. The van der Waals surface area contributed by atoms with Gasteiger partial charge in [0, 0.05) is 6.54 Å². The highest BCUT2D eigenvalue weighted by molar-refractivity contribution is 6.40. The van der Waals surface area contributed by atoms with Crippen molar-refractivity contribution in [3.63, 3.8) is 0 Å². The minimum atomic E-state index is -1.22. The molecular formula is C10H15BClN5O2. The van der Waals surface area contributed by atoms with Crippen LogP contribution in [0.5, 0.6) is 0 Å². The molecule has 0 aliphatic rings. The van der Waals surface area contributed by atoms with Crippen LogP contribution >= 0.6 is 11.6 Å². The Balaban J connectivity index is 1.98. The van der Waals surface area contributed by atoms with Crippen molar-refractivity contribution in [2.45, 2.75) is 32.1 Å². The number of hydrogen-bond donors (Lipinski definition) is 3. The van der Waals surface area contributed by atoms with E-state index in [1.807, 2.05) is 4.57 Å². The second kappa shape index (κ2) is 6.18. The van der Waals surface area contributed by atoms with Gasteiger partial charge in [0.2, 0.25) is 5.95 Å². The molecule has 102 valence electrons. The third-order valence-corrected chi connectivity index (χ3v) is 3.06. The molecule has 0 saturated carbocycles. The van der Waals surface area contributed by atoms with Gasteiger partial charge in [-0.15, -0.1) is 0 Å². The lowest BCUT2D eigenvalue weighted by Crippen LogP contribution is -2.09. The molecule has 4 N–H and O–H groups in total. The van der Waals surface area contributed by atoms with Gasteiger partial charge in [-0.1, -0.05) is 24.4 Å². The quantitative estimate of drug-likeness (QED) is 0.409. The topological polar surface area (TPSA) is 110 Å². The monoisotopic (exact) mass is 283 g/mol. The molecule has 19 heavy (non-hydrogen) atoms. The Bertz CT molecular complexity index is 562. The van der Waals surface area contributed by atoms with Crippen molar-refractivity contribution in [2.75, 3.05) is 5.73 Å². The van der Waals surface area contributed by atoms with E-state index in [2.05, 4.69) is 15.0 Å². The van der Waals surface area contributed by atoms with Gasteiger partial charge >= 0.3 is 7.12 Å². The van der Waals surface area contributed by atoms with Crippen LogP contribution < -0.4 is 5.73 Å². The van der Waals surface area contributed by atoms with E-state index in [0.29, 0.717) is 17.5 Å². The lowest BCUT2D eigenvalue weighted by Gasteiger charge is -2.04. The van der Waals surface area contributed by atoms with Crippen LogP contribution in [0.25, 0.3) is 11.2 Å². The fourth-order valence-electron chi connectivity index (χ4n) is 1.88. The Morgan fingerprint density at radius 3 is 2.79 bits per heavy atom. The number of hydrogen-bond acceptors (Lipinski definition) is 6. The first kappa shape index (κ1) is 14.0. The lowest BCUT2D eigenvalue weighted by atomic mass is 9.83. The summed E-state index contributed by atoms with van der Waals surface area (Å²) < 4.78 is 1.87. The number of halogens is 1. The zero-order valence-corrected chi connectivity index (χ0v) is 11.1. The third kappa shape index (κ3) is 3.56. The van der Waals surface area contributed by atoms with Crippen molar-refractivity contribution in [3.05, 3.63) is 11.5 Å². The van der Waals surface area contributed by atoms with Gasteiger partial charge in [-0.3, -0.25) is 0 Å². The number of aromatic nitrogens is 4. The maximum Gasteiger partial charge on any atom is 0.451 e. The zero-order chi connectivity index (χ0) is 13.8. The molecule has 0 unspecified atom stereocenters. The second-order valence-electron chi connectivity index (χ2n) is 4.31. The van der Waals surface area contributed by atoms with E-state index >= 15 is 0 Å². The molecule has 0 spiro atoms. The molecule has 0 bridgehead atoms. The van der Waals surface area contributed by atoms with E-state index in [9.17, 15) is 0 Å². The summed E-state index contributed by atoms with van der Waals surface area (Å²) in [6.45, 7) is 0.727. The van der Waals surface area contributed by atoms with Gasteiger partial charge in [0.25, 0.3) is 0 Å². The Morgan fingerprint density at radius 2 is 2.05 bits per heavy atom. The summed E-state index contributed by atoms with van der Waals surface area (Å²) in [5.74, 6) is 0.127. The molecule has 2 rings (SSSR count). The number of nitrogens with zero attached hydrogens (tertiary/aromatic N) is 4. The average Bonchev–Trinajstić information content (AvgIpc) is 2.72. The molecule has 2 aromatic rings. The van der Waals surface area contributed by atoms with Crippen LogP contribution in [-0.4, -0.2) is 36.7 Å². The molecule has 0 aliphatic carbocycles. The molecule has 7 nitrogen and oxygen atoms in total. The van der Waals surface area contributed by atoms with Gasteiger partial charge in [-0.25, -0.2) is 4.98 Å². The number of nitrogen functional groups attached to an aromatic ring is 1. The Kier molecular flexibility index (Phi) is 4.57. The van der Waals surface area contributed by atoms with Crippen molar-refractivity contribution >= 4 is 35.8 Å². The predicted molar refractivity (Wildman–Crippen MR) is 73.6 cm³/mol. The highest BCUT2D eigenvalue weighted by Crippen LogP contribution is 2.20. The van der Waals surface area contributed by atoms with E-state index in [0.717, 1.165) is 25.8 Å². The predicted octanol–water partition coefficient (Wildman–Crippen LogP) is 0.705. The van der Waals surface area contributed by atoms with E-state index in [4.69, 9.17) is 27.4 Å². The van der Waals surface area contributed by atoms with Crippen LogP contribution in [0.1, 0.15) is 19.3 Å². The van der Waals surface area contributed by atoms with E-state index in [1.54, 1.807) is 6.33 Å². The van der Waals surface area contributed by atoms with Gasteiger partial charge in [0.05, 0.1) is 6.33 Å². The number of imidazole rings is 1. The van der Waals surface area contributed by atoms with Crippen molar-refractivity contribution in [1.82, 2.24) is 19.5 Å². The third-order valence-electron chi connectivity index (χ3n) is 2.80.